The maximum atomic E-state index is 10.5. The van der Waals surface area contributed by atoms with E-state index in [-0.39, 0.29) is 0 Å². The predicted octanol–water partition coefficient (Wildman–Crippen LogP) is -1.18. The second-order valence-electron chi connectivity index (χ2n) is 2.58. The Morgan fingerprint density at radius 1 is 1.54 bits per heavy atom. The Labute approximate surface area is 76.5 Å². The van der Waals surface area contributed by atoms with Crippen LogP contribution in [0.3, 0.4) is 0 Å². The number of nitrogens with two attached hydrogens (primary N) is 1. The van der Waals surface area contributed by atoms with Crippen molar-refractivity contribution in [3.05, 3.63) is 0 Å². The molecule has 0 aromatic carbocycles. The molecule has 0 aliphatic carbocycles. The molecule has 1 amide bonds. The largest absolute Gasteiger partial charge is 0.480 e. The van der Waals surface area contributed by atoms with Gasteiger partial charge in [-0.2, -0.15) is 0 Å². The van der Waals surface area contributed by atoms with Gasteiger partial charge in [0.05, 0.1) is 0 Å². The molecule has 1 atom stereocenters. The molecule has 5 N–H and O–H groups in total. The Morgan fingerprint density at radius 3 is 2.69 bits per heavy atom. The van der Waals surface area contributed by atoms with Crippen LogP contribution in [0.1, 0.15) is 19.3 Å². The van der Waals surface area contributed by atoms with Crippen molar-refractivity contribution in [1.29, 1.82) is 0 Å². The lowest BCUT2D eigenvalue weighted by Gasteiger charge is -2.12. The molecule has 0 heterocycles. The van der Waals surface area contributed by atoms with Crippen LogP contribution in [0.25, 0.3) is 0 Å². The second-order valence-corrected chi connectivity index (χ2v) is 2.58. The van der Waals surface area contributed by atoms with Gasteiger partial charge in [-0.1, -0.05) is 0 Å². The molecule has 0 saturated carbocycles. The van der Waals surface area contributed by atoms with Gasteiger partial charge in [0.15, 0.2) is 0 Å². The Bertz CT molecular complexity index is 163. The zero-order valence-electron chi connectivity index (χ0n) is 7.32. The minimum Gasteiger partial charge on any atom is -0.480 e. The van der Waals surface area contributed by atoms with Crippen LogP contribution in [-0.4, -0.2) is 30.1 Å². The van der Waals surface area contributed by atoms with Crippen molar-refractivity contribution in [2.24, 2.45) is 5.73 Å². The topological polar surface area (TPSA) is 104 Å². The number of amides is 1. The number of rotatable bonds is 8. The molecule has 0 bridgehead atoms. The summed E-state index contributed by atoms with van der Waals surface area (Å²) in [6.07, 6.45) is 2.36. The summed E-state index contributed by atoms with van der Waals surface area (Å²) in [5, 5.41) is 8.65. The lowest BCUT2D eigenvalue weighted by Crippen LogP contribution is -2.44. The van der Waals surface area contributed by atoms with E-state index in [0.29, 0.717) is 19.4 Å². The molecular formula is C7H15N3O3. The summed E-state index contributed by atoms with van der Waals surface area (Å²) in [5.74, 6) is -0.980. The monoisotopic (exact) mass is 189 g/mol. The van der Waals surface area contributed by atoms with Crippen LogP contribution < -0.4 is 16.6 Å². The molecule has 0 rings (SSSR count). The summed E-state index contributed by atoms with van der Waals surface area (Å²) in [6, 6.07) is -0.739. The molecule has 6 heteroatoms. The van der Waals surface area contributed by atoms with Gasteiger partial charge in [-0.05, 0) is 25.8 Å². The van der Waals surface area contributed by atoms with Crippen molar-refractivity contribution in [3.8, 4) is 0 Å². The van der Waals surface area contributed by atoms with Crippen molar-refractivity contribution < 1.29 is 14.7 Å². The summed E-state index contributed by atoms with van der Waals surface area (Å²) in [4.78, 5) is 20.4. The van der Waals surface area contributed by atoms with Gasteiger partial charge in [0.2, 0.25) is 6.41 Å². The fourth-order valence-electron chi connectivity index (χ4n) is 0.885. The summed E-state index contributed by atoms with van der Waals surface area (Å²) in [7, 11) is 0. The van der Waals surface area contributed by atoms with Gasteiger partial charge in [0, 0.05) is 0 Å². The summed E-state index contributed by atoms with van der Waals surface area (Å²) < 4.78 is 0. The predicted molar refractivity (Wildman–Crippen MR) is 46.7 cm³/mol. The molecule has 0 spiro atoms. The fraction of sp³-hybridized carbons (Fsp3) is 0.714. The smallest absolute Gasteiger partial charge is 0.322 e. The Kier molecular flexibility index (Phi) is 6.85. The van der Waals surface area contributed by atoms with Crippen LogP contribution in [-0.2, 0) is 9.59 Å². The van der Waals surface area contributed by atoms with Crippen LogP contribution in [0.5, 0.6) is 0 Å². The number of hydrazine groups is 1. The van der Waals surface area contributed by atoms with Crippen LogP contribution in [0.2, 0.25) is 0 Å². The third-order valence-electron chi connectivity index (χ3n) is 1.56. The highest BCUT2D eigenvalue weighted by atomic mass is 16.4. The van der Waals surface area contributed by atoms with Crippen LogP contribution in [0.15, 0.2) is 0 Å². The normalized spacial score (nSPS) is 12.1. The average molecular weight is 189 g/mol. The number of hydrogen-bond acceptors (Lipinski definition) is 4. The molecule has 0 aliphatic rings. The minimum atomic E-state index is -0.980. The van der Waals surface area contributed by atoms with E-state index in [9.17, 15) is 9.59 Å². The third-order valence-corrected chi connectivity index (χ3v) is 1.56. The maximum Gasteiger partial charge on any atom is 0.322 e. The van der Waals surface area contributed by atoms with E-state index in [0.717, 1.165) is 12.8 Å². The first-order valence-electron chi connectivity index (χ1n) is 4.10. The van der Waals surface area contributed by atoms with E-state index in [1.165, 1.54) is 0 Å². The highest BCUT2D eigenvalue weighted by Crippen LogP contribution is 1.99. The Hall–Kier alpha value is -1.14. The van der Waals surface area contributed by atoms with Crippen LogP contribution in [0, 0.1) is 0 Å². The van der Waals surface area contributed by atoms with E-state index in [1.807, 2.05) is 0 Å². The lowest BCUT2D eigenvalue weighted by molar-refractivity contribution is -0.140. The quantitative estimate of drug-likeness (QED) is 0.218. The van der Waals surface area contributed by atoms with Gasteiger partial charge in [-0.3, -0.25) is 15.0 Å². The SMILES string of the molecule is NCCCCC(NNC=O)C(=O)O. The van der Waals surface area contributed by atoms with E-state index in [1.54, 1.807) is 0 Å². The number of carboxylic acid groups (broad SMARTS) is 1. The van der Waals surface area contributed by atoms with Crippen molar-refractivity contribution in [3.63, 3.8) is 0 Å². The minimum absolute atomic E-state index is 0.402. The molecule has 1 unspecified atom stereocenters. The number of aliphatic carboxylic acids is 1. The van der Waals surface area contributed by atoms with E-state index in [4.69, 9.17) is 10.8 Å². The lowest BCUT2D eigenvalue weighted by atomic mass is 10.1. The molecule has 0 radical (unpaired) electrons. The molecule has 13 heavy (non-hydrogen) atoms. The average Bonchev–Trinajstić information content (AvgIpc) is 2.10. The zero-order valence-corrected chi connectivity index (χ0v) is 7.32. The molecular weight excluding hydrogens is 174 g/mol. The van der Waals surface area contributed by atoms with Crippen molar-refractivity contribution in [2.45, 2.75) is 25.3 Å². The summed E-state index contributed by atoms with van der Waals surface area (Å²) >= 11 is 0. The number of carbonyl (C=O) groups excluding carboxylic acids is 1. The molecule has 6 nitrogen and oxygen atoms in total. The first kappa shape index (κ1) is 11.9. The molecule has 0 fully saturated rings. The van der Waals surface area contributed by atoms with Gasteiger partial charge < -0.3 is 10.8 Å². The van der Waals surface area contributed by atoms with E-state index < -0.39 is 12.0 Å². The number of carboxylic acids is 1. The first-order chi connectivity index (χ1) is 6.22. The number of carbonyl (C=O) groups is 2. The molecule has 0 aromatic heterocycles. The van der Waals surface area contributed by atoms with Crippen molar-refractivity contribution in [1.82, 2.24) is 10.9 Å². The fourth-order valence-corrected chi connectivity index (χ4v) is 0.885. The highest BCUT2D eigenvalue weighted by Gasteiger charge is 2.15. The van der Waals surface area contributed by atoms with Crippen LogP contribution >= 0.6 is 0 Å². The Morgan fingerprint density at radius 2 is 2.23 bits per heavy atom. The van der Waals surface area contributed by atoms with Crippen molar-refractivity contribution >= 4 is 12.4 Å². The summed E-state index contributed by atoms with van der Waals surface area (Å²) in [5.41, 5.74) is 9.73. The molecule has 0 aromatic rings. The third kappa shape index (κ3) is 6.06. The van der Waals surface area contributed by atoms with Gasteiger partial charge >= 0.3 is 5.97 Å². The van der Waals surface area contributed by atoms with Gasteiger partial charge in [0.1, 0.15) is 6.04 Å². The zero-order chi connectivity index (χ0) is 10.1. The van der Waals surface area contributed by atoms with Gasteiger partial charge in [0.25, 0.3) is 0 Å². The number of hydrogen-bond donors (Lipinski definition) is 4. The summed E-state index contributed by atoms with van der Waals surface area (Å²) in [6.45, 7) is 0.549. The van der Waals surface area contributed by atoms with Crippen molar-refractivity contribution in [2.75, 3.05) is 6.54 Å². The maximum absolute atomic E-state index is 10.5. The number of unbranched alkanes of at least 4 members (excludes halogenated alkanes) is 1. The molecule has 0 saturated heterocycles. The standard InChI is InChI=1S/C7H15N3O3/c8-4-2-1-3-6(7(12)13)10-9-5-11/h5-6,10H,1-4,8H2,(H,9,11)(H,12,13). The van der Waals surface area contributed by atoms with Gasteiger partial charge in [-0.25, -0.2) is 5.43 Å². The molecule has 76 valence electrons. The van der Waals surface area contributed by atoms with E-state index in [2.05, 4.69) is 10.9 Å². The molecule has 0 aliphatic heterocycles. The van der Waals surface area contributed by atoms with E-state index >= 15 is 0 Å². The van der Waals surface area contributed by atoms with Crippen LogP contribution in [0.4, 0.5) is 0 Å². The Balaban J connectivity index is 3.66. The van der Waals surface area contributed by atoms with Gasteiger partial charge in [-0.15, -0.1) is 0 Å². The highest BCUT2D eigenvalue weighted by molar-refractivity contribution is 5.73. The first-order valence-corrected chi connectivity index (χ1v) is 4.10. The second kappa shape index (κ2) is 7.51. The number of nitrogens with one attached hydrogen (secondary N) is 2.